The van der Waals surface area contributed by atoms with Gasteiger partial charge in [-0.3, -0.25) is 4.98 Å². The molecule has 1 aromatic heterocycles. The van der Waals surface area contributed by atoms with E-state index in [4.69, 9.17) is 16.3 Å². The summed E-state index contributed by atoms with van der Waals surface area (Å²) in [5.41, 5.74) is 1.80. The van der Waals surface area contributed by atoms with E-state index in [1.165, 1.54) is 0 Å². The number of pyridine rings is 1. The second-order valence-corrected chi connectivity index (χ2v) is 5.49. The van der Waals surface area contributed by atoms with Gasteiger partial charge in [-0.2, -0.15) is 0 Å². The number of aromatic nitrogens is 1. The molecule has 0 aliphatic heterocycles. The van der Waals surface area contributed by atoms with Gasteiger partial charge in [-0.25, -0.2) is 0 Å². The molecule has 0 aromatic carbocycles. The van der Waals surface area contributed by atoms with Crippen LogP contribution in [0.25, 0.3) is 0 Å². The number of hydrogen-bond donors (Lipinski definition) is 1. The highest BCUT2D eigenvalue weighted by molar-refractivity contribution is 6.21. The Balaban J connectivity index is 2.72. The number of methoxy groups -OCH3 is 1. The predicted molar refractivity (Wildman–Crippen MR) is 71.8 cm³/mol. The zero-order chi connectivity index (χ0) is 13.1. The molecule has 0 spiro atoms. The van der Waals surface area contributed by atoms with Crippen molar-refractivity contribution >= 4 is 11.6 Å². The van der Waals surface area contributed by atoms with Gasteiger partial charge < -0.3 is 10.1 Å². The van der Waals surface area contributed by atoms with Gasteiger partial charge in [0.15, 0.2) is 0 Å². The minimum absolute atomic E-state index is 0.0502. The maximum atomic E-state index is 6.12. The Kier molecular flexibility index (Phi) is 4.78. The van der Waals surface area contributed by atoms with Crippen molar-refractivity contribution in [1.82, 2.24) is 10.3 Å². The lowest BCUT2D eigenvalue weighted by Crippen LogP contribution is -2.45. The Morgan fingerprint density at radius 2 is 2.12 bits per heavy atom. The van der Waals surface area contributed by atoms with E-state index in [-0.39, 0.29) is 10.9 Å². The summed E-state index contributed by atoms with van der Waals surface area (Å²) in [6.07, 6.45) is 0. The highest BCUT2D eigenvalue weighted by atomic mass is 35.5. The molecule has 3 nitrogen and oxygen atoms in total. The Morgan fingerprint density at radius 1 is 1.47 bits per heavy atom. The first-order chi connectivity index (χ1) is 7.85. The Bertz CT molecular complexity index is 378. The first-order valence-electron chi connectivity index (χ1n) is 5.76. The number of rotatable bonds is 5. The molecule has 0 aliphatic rings. The largest absolute Gasteiger partial charge is 0.497 e. The van der Waals surface area contributed by atoms with Crippen molar-refractivity contribution in [3.63, 3.8) is 0 Å². The van der Waals surface area contributed by atoms with Gasteiger partial charge in [0.1, 0.15) is 5.75 Å². The van der Waals surface area contributed by atoms with Crippen LogP contribution in [-0.2, 0) is 6.54 Å². The van der Waals surface area contributed by atoms with Crippen LogP contribution >= 0.6 is 11.6 Å². The van der Waals surface area contributed by atoms with E-state index in [1.807, 2.05) is 26.0 Å². The van der Waals surface area contributed by atoms with E-state index >= 15 is 0 Å². The molecule has 1 atom stereocenters. The van der Waals surface area contributed by atoms with E-state index in [1.54, 1.807) is 7.11 Å². The van der Waals surface area contributed by atoms with Crippen LogP contribution in [0.1, 0.15) is 32.2 Å². The van der Waals surface area contributed by atoms with Gasteiger partial charge in [-0.05, 0) is 27.7 Å². The second kappa shape index (κ2) is 5.69. The molecule has 1 N–H and O–H groups in total. The van der Waals surface area contributed by atoms with E-state index in [0.717, 1.165) is 17.1 Å². The number of ether oxygens (including phenoxy) is 1. The van der Waals surface area contributed by atoms with Crippen LogP contribution in [0.4, 0.5) is 0 Å². The standard InChI is InChI=1S/C13H21ClN2O/c1-9-6-12(17-5)7-11(16-9)8-15-13(3,4)10(2)14/h6-7,10,15H,8H2,1-5H3. The summed E-state index contributed by atoms with van der Waals surface area (Å²) in [6.45, 7) is 8.79. The third-order valence-electron chi connectivity index (χ3n) is 2.94. The van der Waals surface area contributed by atoms with Crippen molar-refractivity contribution in [1.29, 1.82) is 0 Å². The van der Waals surface area contributed by atoms with Gasteiger partial charge in [-0.1, -0.05) is 0 Å². The summed E-state index contributed by atoms with van der Waals surface area (Å²) >= 11 is 6.12. The SMILES string of the molecule is COc1cc(C)nc(CNC(C)(C)C(C)Cl)c1. The zero-order valence-corrected chi connectivity index (χ0v) is 11.9. The van der Waals surface area contributed by atoms with Crippen molar-refractivity contribution < 1.29 is 4.74 Å². The van der Waals surface area contributed by atoms with Crippen LogP contribution in [0.3, 0.4) is 0 Å². The van der Waals surface area contributed by atoms with Crippen LogP contribution in [0.5, 0.6) is 5.75 Å². The number of alkyl halides is 1. The number of halogens is 1. The molecule has 1 heterocycles. The minimum Gasteiger partial charge on any atom is -0.497 e. The second-order valence-electron chi connectivity index (χ2n) is 4.83. The van der Waals surface area contributed by atoms with Gasteiger partial charge in [0.25, 0.3) is 0 Å². The molecule has 96 valence electrons. The molecule has 1 aromatic rings. The monoisotopic (exact) mass is 256 g/mol. The number of nitrogens with zero attached hydrogens (tertiary/aromatic N) is 1. The fourth-order valence-electron chi connectivity index (χ4n) is 1.37. The summed E-state index contributed by atoms with van der Waals surface area (Å²) in [4.78, 5) is 4.46. The molecule has 0 fully saturated rings. The van der Waals surface area contributed by atoms with Crippen molar-refractivity contribution in [3.05, 3.63) is 23.5 Å². The molecule has 1 unspecified atom stereocenters. The highest BCUT2D eigenvalue weighted by Crippen LogP contribution is 2.17. The summed E-state index contributed by atoms with van der Waals surface area (Å²) in [5.74, 6) is 0.839. The lowest BCUT2D eigenvalue weighted by molar-refractivity contribution is 0.376. The lowest BCUT2D eigenvalue weighted by atomic mass is 10.0. The quantitative estimate of drug-likeness (QED) is 0.823. The lowest BCUT2D eigenvalue weighted by Gasteiger charge is -2.29. The van der Waals surface area contributed by atoms with Crippen LogP contribution in [0, 0.1) is 6.92 Å². The number of hydrogen-bond acceptors (Lipinski definition) is 3. The summed E-state index contributed by atoms with van der Waals surface area (Å²) < 4.78 is 5.22. The van der Waals surface area contributed by atoms with Crippen LogP contribution in [0.2, 0.25) is 0 Å². The average Bonchev–Trinajstić information content (AvgIpc) is 2.25. The fraction of sp³-hybridized carbons (Fsp3) is 0.615. The molecule has 17 heavy (non-hydrogen) atoms. The Labute approximate surface area is 109 Å². The maximum absolute atomic E-state index is 6.12. The van der Waals surface area contributed by atoms with Gasteiger partial charge in [-0.15, -0.1) is 11.6 Å². The maximum Gasteiger partial charge on any atom is 0.122 e. The average molecular weight is 257 g/mol. The number of aryl methyl sites for hydroxylation is 1. The molecule has 0 amide bonds. The van der Waals surface area contributed by atoms with Crippen molar-refractivity contribution in [3.8, 4) is 5.75 Å². The topological polar surface area (TPSA) is 34.1 Å². The van der Waals surface area contributed by atoms with Crippen molar-refractivity contribution in [2.24, 2.45) is 0 Å². The first-order valence-corrected chi connectivity index (χ1v) is 6.19. The van der Waals surface area contributed by atoms with Gasteiger partial charge >= 0.3 is 0 Å². The third-order valence-corrected chi connectivity index (χ3v) is 3.48. The predicted octanol–water partition coefficient (Wildman–Crippen LogP) is 2.89. The van der Waals surface area contributed by atoms with E-state index < -0.39 is 0 Å². The van der Waals surface area contributed by atoms with Crippen molar-refractivity contribution in [2.75, 3.05) is 7.11 Å². The van der Waals surface area contributed by atoms with Crippen LogP contribution in [-0.4, -0.2) is 23.0 Å². The van der Waals surface area contributed by atoms with E-state index in [0.29, 0.717) is 6.54 Å². The minimum atomic E-state index is -0.125. The Hall–Kier alpha value is -0.800. The van der Waals surface area contributed by atoms with Gasteiger partial charge in [0.2, 0.25) is 0 Å². The molecule has 0 bridgehead atoms. The molecule has 0 aliphatic carbocycles. The molecular weight excluding hydrogens is 236 g/mol. The summed E-state index contributed by atoms with van der Waals surface area (Å²) in [7, 11) is 1.66. The normalized spacial score (nSPS) is 13.5. The molecule has 4 heteroatoms. The summed E-state index contributed by atoms with van der Waals surface area (Å²) in [6, 6.07) is 3.85. The smallest absolute Gasteiger partial charge is 0.122 e. The Morgan fingerprint density at radius 3 is 2.65 bits per heavy atom. The van der Waals surface area contributed by atoms with Crippen LogP contribution < -0.4 is 10.1 Å². The fourth-order valence-corrected chi connectivity index (χ4v) is 1.45. The van der Waals surface area contributed by atoms with Gasteiger partial charge in [0, 0.05) is 35.3 Å². The molecular formula is C13H21ClN2O. The number of nitrogens with one attached hydrogen (secondary N) is 1. The molecule has 0 saturated carbocycles. The molecule has 0 saturated heterocycles. The van der Waals surface area contributed by atoms with Crippen molar-refractivity contribution in [2.45, 2.75) is 45.2 Å². The van der Waals surface area contributed by atoms with E-state index in [2.05, 4.69) is 24.1 Å². The molecule has 0 radical (unpaired) electrons. The highest BCUT2D eigenvalue weighted by Gasteiger charge is 2.23. The van der Waals surface area contributed by atoms with E-state index in [9.17, 15) is 0 Å². The third kappa shape index (κ3) is 4.17. The summed E-state index contributed by atoms with van der Waals surface area (Å²) in [5, 5.41) is 3.45. The first kappa shape index (κ1) is 14.3. The van der Waals surface area contributed by atoms with Gasteiger partial charge in [0.05, 0.1) is 12.8 Å². The zero-order valence-electron chi connectivity index (χ0n) is 11.2. The van der Waals surface area contributed by atoms with Crippen LogP contribution in [0.15, 0.2) is 12.1 Å². The molecule has 1 rings (SSSR count).